The molecule has 0 radical (unpaired) electrons. The monoisotopic (exact) mass is 213 g/mol. The van der Waals surface area contributed by atoms with E-state index >= 15 is 0 Å². The molecule has 0 bridgehead atoms. The lowest BCUT2D eigenvalue weighted by atomic mass is 9.89. The predicted molar refractivity (Wildman–Crippen MR) is 60.6 cm³/mol. The van der Waals surface area contributed by atoms with E-state index in [-0.39, 0.29) is 11.9 Å². The third kappa shape index (κ3) is 3.82. The van der Waals surface area contributed by atoms with Crippen molar-refractivity contribution in [1.82, 2.24) is 5.32 Å². The molecule has 0 aromatic rings. The van der Waals surface area contributed by atoms with Crippen molar-refractivity contribution < 1.29 is 9.53 Å². The van der Waals surface area contributed by atoms with Gasteiger partial charge in [0.2, 0.25) is 0 Å². The molecule has 3 nitrogen and oxygen atoms in total. The smallest absolute Gasteiger partial charge is 0.309 e. The summed E-state index contributed by atoms with van der Waals surface area (Å²) in [5.74, 6) is -0.168. The summed E-state index contributed by atoms with van der Waals surface area (Å²) in [4.78, 5) is 11.2. The van der Waals surface area contributed by atoms with Crippen LogP contribution in [0.4, 0.5) is 0 Å². The molecule has 1 N–H and O–H groups in total. The van der Waals surface area contributed by atoms with Crippen LogP contribution >= 0.6 is 0 Å². The number of methoxy groups -OCH3 is 1. The van der Waals surface area contributed by atoms with Gasteiger partial charge in [-0.25, -0.2) is 0 Å². The molecule has 0 aromatic carbocycles. The van der Waals surface area contributed by atoms with E-state index < -0.39 is 0 Å². The summed E-state index contributed by atoms with van der Waals surface area (Å²) in [5.41, 5.74) is 0.454. The van der Waals surface area contributed by atoms with E-state index in [0.29, 0.717) is 5.41 Å². The maximum Gasteiger partial charge on any atom is 0.309 e. The Labute approximate surface area is 92.6 Å². The van der Waals surface area contributed by atoms with Gasteiger partial charge in [0.1, 0.15) is 0 Å². The molecule has 1 aliphatic carbocycles. The van der Waals surface area contributed by atoms with Gasteiger partial charge in [-0.3, -0.25) is 4.79 Å². The van der Waals surface area contributed by atoms with E-state index in [0.717, 1.165) is 13.1 Å². The van der Waals surface area contributed by atoms with E-state index in [9.17, 15) is 4.79 Å². The normalized spacial score (nSPS) is 21.3. The zero-order chi connectivity index (χ0) is 11.3. The van der Waals surface area contributed by atoms with Gasteiger partial charge < -0.3 is 10.1 Å². The van der Waals surface area contributed by atoms with Crippen molar-refractivity contribution in [2.75, 3.05) is 20.2 Å². The van der Waals surface area contributed by atoms with Crippen LogP contribution in [0.1, 0.15) is 39.5 Å². The minimum Gasteiger partial charge on any atom is -0.469 e. The highest BCUT2D eigenvalue weighted by Gasteiger charge is 2.28. The highest BCUT2D eigenvalue weighted by molar-refractivity contribution is 5.71. The molecule has 0 heterocycles. The first-order chi connectivity index (χ1) is 7.07. The van der Waals surface area contributed by atoms with E-state index in [1.807, 2.05) is 6.92 Å². The molecule has 1 rings (SSSR count). The van der Waals surface area contributed by atoms with Crippen molar-refractivity contribution in [3.63, 3.8) is 0 Å². The van der Waals surface area contributed by atoms with Crippen LogP contribution < -0.4 is 5.32 Å². The number of ether oxygens (including phenoxy) is 1. The van der Waals surface area contributed by atoms with Crippen LogP contribution in [0.3, 0.4) is 0 Å². The lowest BCUT2D eigenvalue weighted by Crippen LogP contribution is -2.34. The van der Waals surface area contributed by atoms with Crippen molar-refractivity contribution in [3.05, 3.63) is 0 Å². The Bertz CT molecular complexity index is 210. The molecule has 1 saturated carbocycles. The molecule has 88 valence electrons. The lowest BCUT2D eigenvalue weighted by molar-refractivity contribution is -0.144. The molecular formula is C12H23NO2. The van der Waals surface area contributed by atoms with Crippen molar-refractivity contribution in [2.45, 2.75) is 39.5 Å². The highest BCUT2D eigenvalue weighted by Crippen LogP contribution is 2.36. The Morgan fingerprint density at radius 3 is 2.60 bits per heavy atom. The topological polar surface area (TPSA) is 38.3 Å². The molecule has 0 aromatic heterocycles. The summed E-state index contributed by atoms with van der Waals surface area (Å²) >= 11 is 0. The third-order valence-electron chi connectivity index (χ3n) is 3.42. The summed E-state index contributed by atoms with van der Waals surface area (Å²) in [6.07, 6.45) is 5.33. The van der Waals surface area contributed by atoms with Crippen LogP contribution in [0.25, 0.3) is 0 Å². The first-order valence-electron chi connectivity index (χ1n) is 5.86. The van der Waals surface area contributed by atoms with E-state index in [4.69, 9.17) is 0 Å². The van der Waals surface area contributed by atoms with Gasteiger partial charge >= 0.3 is 5.97 Å². The number of carbonyl (C=O) groups is 1. The van der Waals surface area contributed by atoms with E-state index in [1.54, 1.807) is 0 Å². The predicted octanol–water partition coefficient (Wildman–Crippen LogP) is 1.97. The van der Waals surface area contributed by atoms with Crippen molar-refractivity contribution in [1.29, 1.82) is 0 Å². The van der Waals surface area contributed by atoms with Crippen LogP contribution in [0, 0.1) is 11.3 Å². The Kier molecular flexibility index (Phi) is 4.58. The van der Waals surface area contributed by atoms with Crippen LogP contribution in [-0.2, 0) is 9.53 Å². The molecule has 1 fully saturated rings. The molecule has 15 heavy (non-hydrogen) atoms. The van der Waals surface area contributed by atoms with Crippen LogP contribution in [0.2, 0.25) is 0 Å². The van der Waals surface area contributed by atoms with Crippen molar-refractivity contribution in [3.8, 4) is 0 Å². The van der Waals surface area contributed by atoms with Gasteiger partial charge in [-0.1, -0.05) is 26.7 Å². The summed E-state index contributed by atoms with van der Waals surface area (Å²) < 4.78 is 4.68. The SMILES string of the molecule is COC(=O)C(C)CNCC1(C)CCCC1. The third-order valence-corrected chi connectivity index (χ3v) is 3.42. The van der Waals surface area contributed by atoms with Gasteiger partial charge in [0, 0.05) is 13.1 Å². The lowest BCUT2D eigenvalue weighted by Gasteiger charge is -2.24. The fourth-order valence-electron chi connectivity index (χ4n) is 2.28. The fourth-order valence-corrected chi connectivity index (χ4v) is 2.28. The quantitative estimate of drug-likeness (QED) is 0.710. The Morgan fingerprint density at radius 1 is 1.47 bits per heavy atom. The number of hydrogen-bond acceptors (Lipinski definition) is 3. The van der Waals surface area contributed by atoms with E-state index in [1.165, 1.54) is 32.8 Å². The highest BCUT2D eigenvalue weighted by atomic mass is 16.5. The molecule has 0 saturated heterocycles. The minimum absolute atomic E-state index is 0.0417. The standard InChI is InChI=1S/C12H23NO2/c1-10(11(14)15-3)8-13-9-12(2)6-4-5-7-12/h10,13H,4-9H2,1-3H3. The van der Waals surface area contributed by atoms with Crippen molar-refractivity contribution in [2.24, 2.45) is 11.3 Å². The molecule has 0 aliphatic heterocycles. The second kappa shape index (κ2) is 5.50. The largest absolute Gasteiger partial charge is 0.469 e. The van der Waals surface area contributed by atoms with Crippen molar-refractivity contribution >= 4 is 5.97 Å². The first-order valence-corrected chi connectivity index (χ1v) is 5.86. The molecular weight excluding hydrogens is 190 g/mol. The average molecular weight is 213 g/mol. The van der Waals surface area contributed by atoms with Gasteiger partial charge in [0.05, 0.1) is 13.0 Å². The van der Waals surface area contributed by atoms with Gasteiger partial charge in [-0.2, -0.15) is 0 Å². The number of rotatable bonds is 5. The van der Waals surface area contributed by atoms with Crippen LogP contribution in [0.15, 0.2) is 0 Å². The zero-order valence-electron chi connectivity index (χ0n) is 10.1. The Hall–Kier alpha value is -0.570. The second-order valence-corrected chi connectivity index (χ2v) is 5.07. The summed E-state index contributed by atoms with van der Waals surface area (Å²) in [6.45, 7) is 5.97. The van der Waals surface area contributed by atoms with Crippen LogP contribution in [0.5, 0.6) is 0 Å². The van der Waals surface area contributed by atoms with Gasteiger partial charge in [0.15, 0.2) is 0 Å². The summed E-state index contributed by atoms with van der Waals surface area (Å²) in [5, 5.41) is 3.38. The first kappa shape index (κ1) is 12.5. The Morgan fingerprint density at radius 2 is 2.07 bits per heavy atom. The fraction of sp³-hybridized carbons (Fsp3) is 0.917. The number of hydrogen-bond donors (Lipinski definition) is 1. The van der Waals surface area contributed by atoms with E-state index in [2.05, 4.69) is 17.0 Å². The van der Waals surface area contributed by atoms with Gasteiger partial charge in [0.25, 0.3) is 0 Å². The molecule has 1 aliphatic rings. The summed E-state index contributed by atoms with van der Waals surface area (Å²) in [7, 11) is 1.44. The minimum atomic E-state index is -0.126. The number of esters is 1. The van der Waals surface area contributed by atoms with Crippen LogP contribution in [-0.4, -0.2) is 26.2 Å². The second-order valence-electron chi connectivity index (χ2n) is 5.07. The van der Waals surface area contributed by atoms with Gasteiger partial charge in [-0.05, 0) is 18.3 Å². The van der Waals surface area contributed by atoms with Gasteiger partial charge in [-0.15, -0.1) is 0 Å². The number of nitrogens with one attached hydrogen (secondary N) is 1. The molecule has 0 amide bonds. The zero-order valence-corrected chi connectivity index (χ0v) is 10.1. The molecule has 0 spiro atoms. The Balaban J connectivity index is 2.18. The average Bonchev–Trinajstić information content (AvgIpc) is 2.64. The number of carbonyl (C=O) groups excluding carboxylic acids is 1. The maximum absolute atomic E-state index is 11.2. The summed E-state index contributed by atoms with van der Waals surface area (Å²) in [6, 6.07) is 0. The molecule has 1 atom stereocenters. The maximum atomic E-state index is 11.2. The molecule has 3 heteroatoms. The molecule has 1 unspecified atom stereocenters.